The summed E-state index contributed by atoms with van der Waals surface area (Å²) in [6, 6.07) is 7.35. The van der Waals surface area contributed by atoms with Crippen LogP contribution in [0.25, 0.3) is 22.1 Å². The van der Waals surface area contributed by atoms with Crippen LogP contribution in [0.4, 0.5) is 0 Å². The summed E-state index contributed by atoms with van der Waals surface area (Å²) in [5, 5.41) is 1.08. The molecule has 3 heterocycles. The SMILES string of the molecule is C[C@H](Sc1ncnc2c1oc1ccccc12)C(=O)N(C)[C@@H]1CCS(=O)(=O)C1. The van der Waals surface area contributed by atoms with Gasteiger partial charge in [0, 0.05) is 18.5 Å². The average Bonchev–Trinajstić information content (AvgIpc) is 3.21. The highest BCUT2D eigenvalue weighted by atomic mass is 32.2. The minimum atomic E-state index is -3.04. The van der Waals surface area contributed by atoms with E-state index in [0.717, 1.165) is 16.5 Å². The summed E-state index contributed by atoms with van der Waals surface area (Å²) >= 11 is 1.30. The molecular formula is C18H19N3O4S2. The first-order valence-corrected chi connectivity index (χ1v) is 11.3. The molecule has 4 rings (SSSR count). The molecule has 0 bridgehead atoms. The number of rotatable bonds is 4. The molecule has 0 radical (unpaired) electrons. The molecule has 1 fully saturated rings. The molecule has 0 N–H and O–H groups in total. The first-order valence-electron chi connectivity index (χ1n) is 8.62. The van der Waals surface area contributed by atoms with Crippen molar-refractivity contribution in [3.63, 3.8) is 0 Å². The fourth-order valence-electron chi connectivity index (χ4n) is 3.35. The van der Waals surface area contributed by atoms with Gasteiger partial charge in [-0.1, -0.05) is 23.9 Å². The number of amides is 1. The van der Waals surface area contributed by atoms with Crippen molar-refractivity contribution in [1.82, 2.24) is 14.9 Å². The van der Waals surface area contributed by atoms with Gasteiger partial charge < -0.3 is 9.32 Å². The molecule has 2 atom stereocenters. The third-order valence-electron chi connectivity index (χ3n) is 4.87. The monoisotopic (exact) mass is 405 g/mol. The van der Waals surface area contributed by atoms with E-state index in [-0.39, 0.29) is 23.5 Å². The van der Waals surface area contributed by atoms with E-state index in [1.165, 1.54) is 18.1 Å². The highest BCUT2D eigenvalue weighted by molar-refractivity contribution is 8.00. The van der Waals surface area contributed by atoms with Gasteiger partial charge in [0.2, 0.25) is 5.91 Å². The number of benzene rings is 1. The van der Waals surface area contributed by atoms with Crippen LogP contribution in [-0.2, 0) is 14.6 Å². The molecule has 142 valence electrons. The maximum Gasteiger partial charge on any atom is 0.235 e. The molecule has 1 aliphatic heterocycles. The molecule has 2 aromatic heterocycles. The number of para-hydroxylation sites is 1. The average molecular weight is 406 g/mol. The quantitative estimate of drug-likeness (QED) is 0.486. The highest BCUT2D eigenvalue weighted by Crippen LogP contribution is 2.34. The van der Waals surface area contributed by atoms with Crippen molar-refractivity contribution in [3.05, 3.63) is 30.6 Å². The van der Waals surface area contributed by atoms with Crippen LogP contribution in [0, 0.1) is 0 Å². The second-order valence-electron chi connectivity index (χ2n) is 6.72. The number of thioether (sulfide) groups is 1. The standard InChI is InChI=1S/C18H19N3O4S2/c1-11(18(22)21(2)12-7-8-27(23,24)9-12)26-17-16-15(19-10-20-17)13-5-3-4-6-14(13)25-16/h3-6,10-12H,7-9H2,1-2H3/t11-,12+/m0/s1. The molecule has 1 amide bonds. The summed E-state index contributed by atoms with van der Waals surface area (Å²) in [5.41, 5.74) is 2.01. The first-order chi connectivity index (χ1) is 12.9. The number of hydrogen-bond acceptors (Lipinski definition) is 7. The molecule has 1 aromatic carbocycles. The summed E-state index contributed by atoms with van der Waals surface area (Å²) in [4.78, 5) is 23.0. The summed E-state index contributed by atoms with van der Waals surface area (Å²) in [6.45, 7) is 1.80. The van der Waals surface area contributed by atoms with Crippen LogP contribution in [0.2, 0.25) is 0 Å². The number of carbonyl (C=O) groups is 1. The zero-order chi connectivity index (χ0) is 19.2. The van der Waals surface area contributed by atoms with Crippen molar-refractivity contribution in [2.24, 2.45) is 0 Å². The Morgan fingerprint density at radius 2 is 2.11 bits per heavy atom. The molecule has 0 saturated carbocycles. The molecule has 1 aliphatic rings. The number of carbonyl (C=O) groups excluding carboxylic acids is 1. The van der Waals surface area contributed by atoms with Crippen molar-refractivity contribution in [2.45, 2.75) is 29.7 Å². The van der Waals surface area contributed by atoms with Crippen LogP contribution in [-0.4, -0.2) is 59.0 Å². The van der Waals surface area contributed by atoms with Crippen LogP contribution >= 0.6 is 11.8 Å². The zero-order valence-corrected chi connectivity index (χ0v) is 16.6. The van der Waals surface area contributed by atoms with Crippen LogP contribution < -0.4 is 0 Å². The van der Waals surface area contributed by atoms with Gasteiger partial charge in [0.15, 0.2) is 15.4 Å². The summed E-state index contributed by atoms with van der Waals surface area (Å²) in [5.74, 6) is 0.0565. The van der Waals surface area contributed by atoms with Gasteiger partial charge in [0.25, 0.3) is 0 Å². The smallest absolute Gasteiger partial charge is 0.235 e. The van der Waals surface area contributed by atoms with Gasteiger partial charge in [0.1, 0.15) is 22.5 Å². The molecule has 0 aliphatic carbocycles. The van der Waals surface area contributed by atoms with Crippen molar-refractivity contribution in [3.8, 4) is 0 Å². The van der Waals surface area contributed by atoms with E-state index in [0.29, 0.717) is 17.0 Å². The summed E-state index contributed by atoms with van der Waals surface area (Å²) in [6.07, 6.45) is 1.96. The Labute approximate surface area is 161 Å². The van der Waals surface area contributed by atoms with Gasteiger partial charge in [-0.25, -0.2) is 18.4 Å². The largest absolute Gasteiger partial charge is 0.451 e. The molecule has 0 spiro atoms. The number of nitrogens with zero attached hydrogens (tertiary/aromatic N) is 3. The molecule has 7 nitrogen and oxygen atoms in total. The lowest BCUT2D eigenvalue weighted by Crippen LogP contribution is -2.41. The van der Waals surface area contributed by atoms with Gasteiger partial charge in [-0.2, -0.15) is 0 Å². The lowest BCUT2D eigenvalue weighted by atomic mass is 10.2. The molecular weight excluding hydrogens is 386 g/mol. The van der Waals surface area contributed by atoms with Gasteiger partial charge >= 0.3 is 0 Å². The highest BCUT2D eigenvalue weighted by Gasteiger charge is 2.34. The van der Waals surface area contributed by atoms with E-state index in [4.69, 9.17) is 4.42 Å². The molecule has 9 heteroatoms. The lowest BCUT2D eigenvalue weighted by molar-refractivity contribution is -0.130. The normalized spacial score (nSPS) is 20.1. The predicted molar refractivity (Wildman–Crippen MR) is 104 cm³/mol. The van der Waals surface area contributed by atoms with Gasteiger partial charge in [-0.15, -0.1) is 0 Å². The maximum absolute atomic E-state index is 12.8. The van der Waals surface area contributed by atoms with Crippen LogP contribution in [0.5, 0.6) is 0 Å². The predicted octanol–water partition coefficient (Wildman–Crippen LogP) is 2.50. The fourth-order valence-corrected chi connectivity index (χ4v) is 6.08. The second-order valence-corrected chi connectivity index (χ2v) is 10.3. The Kier molecular flexibility index (Phi) is 4.59. The number of sulfone groups is 1. The minimum Gasteiger partial charge on any atom is -0.451 e. The Morgan fingerprint density at radius 3 is 2.85 bits per heavy atom. The molecule has 27 heavy (non-hydrogen) atoms. The number of hydrogen-bond donors (Lipinski definition) is 0. The lowest BCUT2D eigenvalue weighted by Gasteiger charge is -2.26. The molecule has 0 unspecified atom stereocenters. The van der Waals surface area contributed by atoms with Gasteiger partial charge in [0.05, 0.1) is 16.8 Å². The zero-order valence-electron chi connectivity index (χ0n) is 15.0. The second kappa shape index (κ2) is 6.79. The number of fused-ring (bicyclic) bond motifs is 3. The summed E-state index contributed by atoms with van der Waals surface area (Å²) < 4.78 is 29.3. The van der Waals surface area contributed by atoms with Crippen molar-refractivity contribution in [1.29, 1.82) is 0 Å². The van der Waals surface area contributed by atoms with Crippen molar-refractivity contribution < 1.29 is 17.6 Å². The van der Waals surface area contributed by atoms with Crippen LogP contribution in [0.1, 0.15) is 13.3 Å². The Morgan fingerprint density at radius 1 is 1.33 bits per heavy atom. The minimum absolute atomic E-state index is 0.0357. The van der Waals surface area contributed by atoms with E-state index in [9.17, 15) is 13.2 Å². The van der Waals surface area contributed by atoms with Gasteiger partial charge in [-0.05, 0) is 25.5 Å². The maximum atomic E-state index is 12.8. The third kappa shape index (κ3) is 3.41. The Bertz CT molecular complexity index is 1130. The first kappa shape index (κ1) is 18.2. The number of aromatic nitrogens is 2. The topological polar surface area (TPSA) is 93.4 Å². The number of furan rings is 1. The van der Waals surface area contributed by atoms with Crippen molar-refractivity contribution in [2.75, 3.05) is 18.6 Å². The van der Waals surface area contributed by atoms with Crippen LogP contribution in [0.3, 0.4) is 0 Å². The van der Waals surface area contributed by atoms with E-state index in [1.54, 1.807) is 18.9 Å². The summed E-state index contributed by atoms with van der Waals surface area (Å²) in [7, 11) is -1.37. The van der Waals surface area contributed by atoms with Gasteiger partial charge in [-0.3, -0.25) is 4.79 Å². The third-order valence-corrected chi connectivity index (χ3v) is 7.68. The van der Waals surface area contributed by atoms with E-state index >= 15 is 0 Å². The van der Waals surface area contributed by atoms with Crippen molar-refractivity contribution >= 4 is 49.6 Å². The fraction of sp³-hybridized carbons (Fsp3) is 0.389. The van der Waals surface area contributed by atoms with E-state index < -0.39 is 15.1 Å². The van der Waals surface area contributed by atoms with E-state index in [2.05, 4.69) is 9.97 Å². The van der Waals surface area contributed by atoms with Crippen LogP contribution in [0.15, 0.2) is 40.0 Å². The Balaban J connectivity index is 1.57. The van der Waals surface area contributed by atoms with E-state index in [1.807, 2.05) is 24.3 Å². The molecule has 3 aromatic rings. The Hall–Kier alpha value is -2.13. The molecule has 1 saturated heterocycles.